The van der Waals surface area contributed by atoms with Gasteiger partial charge in [0.25, 0.3) is 0 Å². The van der Waals surface area contributed by atoms with Crippen molar-refractivity contribution >= 4 is 11.9 Å². The average Bonchev–Trinajstić information content (AvgIpc) is 3.20. The lowest BCUT2D eigenvalue weighted by Gasteiger charge is -2.24. The molecule has 0 spiro atoms. The van der Waals surface area contributed by atoms with E-state index in [1.807, 2.05) is 6.08 Å². The number of esters is 1. The third kappa shape index (κ3) is 39.9. The Balaban J connectivity index is 4.68. The van der Waals surface area contributed by atoms with Crippen molar-refractivity contribution in [3.63, 3.8) is 0 Å². The van der Waals surface area contributed by atoms with Gasteiger partial charge < -0.3 is 20.3 Å². The molecule has 0 saturated carbocycles. The molecule has 6 nitrogen and oxygen atoms in total. The summed E-state index contributed by atoms with van der Waals surface area (Å²) in [7, 11) is 0. The van der Waals surface area contributed by atoms with E-state index in [0.29, 0.717) is 19.3 Å². The van der Waals surface area contributed by atoms with Gasteiger partial charge in [-0.15, -0.1) is 0 Å². The number of unbranched alkanes of at least 4 members (excludes halogenated alkanes) is 17. The highest BCUT2D eigenvalue weighted by molar-refractivity contribution is 5.77. The molecule has 1 amide bonds. The topological polar surface area (TPSA) is 95.9 Å². The van der Waals surface area contributed by atoms with Crippen LogP contribution >= 0.6 is 0 Å². The maximum absolute atomic E-state index is 13.1. The molecule has 6 heteroatoms. The molecular weight excluding hydrogens is 707 g/mol. The van der Waals surface area contributed by atoms with Crippen LogP contribution in [0, 0.1) is 0 Å². The number of carbonyl (C=O) groups is 2. The largest absolute Gasteiger partial charge is 0.462 e. The summed E-state index contributed by atoms with van der Waals surface area (Å²) in [5, 5.41) is 23.6. The summed E-state index contributed by atoms with van der Waals surface area (Å²) in [5.41, 5.74) is 0. The van der Waals surface area contributed by atoms with Crippen LogP contribution in [0.5, 0.6) is 0 Å². The first-order valence-electron chi connectivity index (χ1n) is 23.7. The van der Waals surface area contributed by atoms with E-state index >= 15 is 0 Å². The molecule has 3 atom stereocenters. The van der Waals surface area contributed by atoms with E-state index in [2.05, 4.69) is 92.9 Å². The standard InChI is InChI=1S/C51H89NO5/c1-4-7-10-13-16-19-22-24-25-26-27-29-32-35-38-41-44-51(56)57-47(42-39-36-33-30-21-18-15-12-9-6-3)45-50(55)52-48(46-53)49(54)43-40-37-34-31-28-23-20-17-14-11-8-5-2/h7,10,16,18-19,21,24-25,27,29,35,38,47-49,53-54H,4-6,8-9,11-15,17,20,22-23,26,28,30-34,36-37,39-46H2,1-3H3,(H,52,55)/b10-7+,19-16+,21-18-,25-24+,29-27+,38-35+. The Hall–Kier alpha value is -2.70. The summed E-state index contributed by atoms with van der Waals surface area (Å²) >= 11 is 0. The van der Waals surface area contributed by atoms with E-state index in [0.717, 1.165) is 83.5 Å². The molecular formula is C51H89NO5. The molecule has 0 bridgehead atoms. The quantitative estimate of drug-likeness (QED) is 0.0325. The van der Waals surface area contributed by atoms with Crippen molar-refractivity contribution in [3.8, 4) is 0 Å². The molecule has 0 radical (unpaired) electrons. The Labute approximate surface area is 351 Å². The lowest BCUT2D eigenvalue weighted by Crippen LogP contribution is -2.46. The molecule has 0 aromatic heterocycles. The second kappa shape index (κ2) is 44.4. The second-order valence-corrected chi connectivity index (χ2v) is 15.8. The highest BCUT2D eigenvalue weighted by Crippen LogP contribution is 2.16. The summed E-state index contributed by atoms with van der Waals surface area (Å²) in [5.74, 6) is -0.595. The fourth-order valence-corrected chi connectivity index (χ4v) is 6.71. The maximum Gasteiger partial charge on any atom is 0.306 e. The van der Waals surface area contributed by atoms with Crippen molar-refractivity contribution in [1.29, 1.82) is 0 Å². The second-order valence-electron chi connectivity index (χ2n) is 15.8. The Morgan fingerprint density at radius 2 is 0.947 bits per heavy atom. The van der Waals surface area contributed by atoms with Crippen molar-refractivity contribution in [2.45, 2.75) is 232 Å². The van der Waals surface area contributed by atoms with Crippen molar-refractivity contribution < 1.29 is 24.5 Å². The van der Waals surface area contributed by atoms with E-state index in [9.17, 15) is 19.8 Å². The number of hydrogen-bond donors (Lipinski definition) is 3. The monoisotopic (exact) mass is 796 g/mol. The maximum atomic E-state index is 13.1. The molecule has 0 aliphatic rings. The van der Waals surface area contributed by atoms with E-state index in [1.54, 1.807) is 0 Å². The third-order valence-corrected chi connectivity index (χ3v) is 10.3. The van der Waals surface area contributed by atoms with Gasteiger partial charge in [-0.3, -0.25) is 9.59 Å². The van der Waals surface area contributed by atoms with Crippen LogP contribution in [0.2, 0.25) is 0 Å². The molecule has 0 aromatic carbocycles. The van der Waals surface area contributed by atoms with Crippen LogP contribution in [0.15, 0.2) is 72.9 Å². The van der Waals surface area contributed by atoms with Crippen LogP contribution in [-0.2, 0) is 14.3 Å². The third-order valence-electron chi connectivity index (χ3n) is 10.3. The van der Waals surface area contributed by atoms with Crippen LogP contribution in [0.3, 0.4) is 0 Å². The van der Waals surface area contributed by atoms with Gasteiger partial charge in [-0.05, 0) is 83.5 Å². The summed E-state index contributed by atoms with van der Waals surface area (Å²) < 4.78 is 5.85. The average molecular weight is 796 g/mol. The van der Waals surface area contributed by atoms with Crippen molar-refractivity contribution in [1.82, 2.24) is 5.32 Å². The number of nitrogens with one attached hydrogen (secondary N) is 1. The Morgan fingerprint density at radius 3 is 1.47 bits per heavy atom. The number of aliphatic hydroxyl groups excluding tert-OH is 2. The molecule has 0 heterocycles. The molecule has 0 saturated heterocycles. The molecule has 57 heavy (non-hydrogen) atoms. The number of allylic oxidation sites excluding steroid dienone is 12. The minimum atomic E-state index is -0.804. The van der Waals surface area contributed by atoms with E-state index in [-0.39, 0.29) is 31.3 Å². The zero-order valence-electron chi connectivity index (χ0n) is 37.2. The van der Waals surface area contributed by atoms with Gasteiger partial charge in [0, 0.05) is 6.42 Å². The van der Waals surface area contributed by atoms with E-state index in [1.165, 1.54) is 77.0 Å². The first-order chi connectivity index (χ1) is 28.0. The SMILES string of the molecule is CC/C=C/C/C=C/C/C=C/C/C=C/C/C=C/CCC(=O)OC(CCCCC/C=C\CCCCC)CC(=O)NC(CO)C(O)CCCCCCCCCCCCCC. The van der Waals surface area contributed by atoms with Crippen molar-refractivity contribution in [2.75, 3.05) is 6.61 Å². The molecule has 0 fully saturated rings. The normalized spacial score (nSPS) is 14.0. The lowest BCUT2D eigenvalue weighted by atomic mass is 10.0. The van der Waals surface area contributed by atoms with Gasteiger partial charge in [0.2, 0.25) is 5.91 Å². The first-order valence-corrected chi connectivity index (χ1v) is 23.7. The van der Waals surface area contributed by atoms with Crippen molar-refractivity contribution in [3.05, 3.63) is 72.9 Å². The molecule has 3 unspecified atom stereocenters. The van der Waals surface area contributed by atoms with E-state index in [4.69, 9.17) is 4.74 Å². The number of hydrogen-bond acceptors (Lipinski definition) is 5. The predicted octanol–water partition coefficient (Wildman–Crippen LogP) is 13.8. The number of amides is 1. The van der Waals surface area contributed by atoms with Gasteiger partial charge in [0.15, 0.2) is 0 Å². The summed E-state index contributed by atoms with van der Waals surface area (Å²) in [4.78, 5) is 26.0. The predicted molar refractivity (Wildman–Crippen MR) is 245 cm³/mol. The fraction of sp³-hybridized carbons (Fsp3) is 0.725. The molecule has 3 N–H and O–H groups in total. The summed E-state index contributed by atoms with van der Waals surface area (Å²) in [6.07, 6.45) is 55.4. The Kier molecular flexibility index (Phi) is 42.3. The van der Waals surface area contributed by atoms with Gasteiger partial charge in [0.05, 0.1) is 25.2 Å². The van der Waals surface area contributed by atoms with Gasteiger partial charge in [0.1, 0.15) is 6.10 Å². The van der Waals surface area contributed by atoms with Crippen LogP contribution in [0.25, 0.3) is 0 Å². The summed E-state index contributed by atoms with van der Waals surface area (Å²) in [6.45, 7) is 6.30. The number of rotatable bonds is 41. The number of aliphatic hydroxyl groups is 2. The van der Waals surface area contributed by atoms with Gasteiger partial charge in [-0.25, -0.2) is 0 Å². The molecule has 0 aliphatic carbocycles. The number of ether oxygens (including phenoxy) is 1. The summed E-state index contributed by atoms with van der Waals surface area (Å²) in [6, 6.07) is -0.721. The fourth-order valence-electron chi connectivity index (χ4n) is 6.71. The van der Waals surface area contributed by atoms with Crippen LogP contribution < -0.4 is 5.32 Å². The Bertz CT molecular complexity index is 1070. The number of carbonyl (C=O) groups excluding carboxylic acids is 2. The lowest BCUT2D eigenvalue weighted by molar-refractivity contribution is -0.150. The zero-order chi connectivity index (χ0) is 41.7. The smallest absolute Gasteiger partial charge is 0.306 e. The minimum absolute atomic E-state index is 0.0343. The molecule has 328 valence electrons. The molecule has 0 aliphatic heterocycles. The van der Waals surface area contributed by atoms with E-state index < -0.39 is 18.2 Å². The van der Waals surface area contributed by atoms with Gasteiger partial charge >= 0.3 is 5.97 Å². The van der Waals surface area contributed by atoms with Crippen LogP contribution in [0.1, 0.15) is 213 Å². The molecule has 0 aromatic rings. The Morgan fingerprint density at radius 1 is 0.526 bits per heavy atom. The minimum Gasteiger partial charge on any atom is -0.462 e. The highest BCUT2D eigenvalue weighted by Gasteiger charge is 2.24. The van der Waals surface area contributed by atoms with Crippen LogP contribution in [0.4, 0.5) is 0 Å². The zero-order valence-corrected chi connectivity index (χ0v) is 37.2. The van der Waals surface area contributed by atoms with Crippen LogP contribution in [-0.4, -0.2) is 46.9 Å². The molecule has 0 rings (SSSR count). The first kappa shape index (κ1) is 54.3. The van der Waals surface area contributed by atoms with Gasteiger partial charge in [-0.2, -0.15) is 0 Å². The van der Waals surface area contributed by atoms with Gasteiger partial charge in [-0.1, -0.05) is 190 Å². The van der Waals surface area contributed by atoms with Crippen molar-refractivity contribution in [2.24, 2.45) is 0 Å². The highest BCUT2D eigenvalue weighted by atomic mass is 16.5.